The van der Waals surface area contributed by atoms with E-state index in [0.29, 0.717) is 28.6 Å². The van der Waals surface area contributed by atoms with Gasteiger partial charge in [-0.15, -0.1) is 0 Å². The highest BCUT2D eigenvalue weighted by atomic mass is 16.5. The highest BCUT2D eigenvalue weighted by Crippen LogP contribution is 2.23. The summed E-state index contributed by atoms with van der Waals surface area (Å²) in [4.78, 5) is 32.3. The number of carbonyl (C=O) groups is 2. The van der Waals surface area contributed by atoms with Crippen LogP contribution in [0.5, 0.6) is 0 Å². The maximum absolute atomic E-state index is 12.8. The smallest absolute Gasteiger partial charge is 0.340 e. The lowest BCUT2D eigenvalue weighted by molar-refractivity contribution is 0.0376. The van der Waals surface area contributed by atoms with Crippen LogP contribution in [-0.2, 0) is 4.74 Å². The molecule has 1 aliphatic rings. The molecular formula is C18H29N3O3. The van der Waals surface area contributed by atoms with E-state index in [1.165, 1.54) is 0 Å². The molecule has 0 spiro atoms. The first-order valence-electron chi connectivity index (χ1n) is 8.58. The van der Waals surface area contributed by atoms with Crippen LogP contribution < -0.4 is 0 Å². The molecule has 0 aliphatic carbocycles. The number of rotatable bonds is 4. The van der Waals surface area contributed by atoms with E-state index in [1.54, 1.807) is 13.8 Å². The molecule has 2 rings (SSSR count). The quantitative estimate of drug-likeness (QED) is 0.858. The molecule has 1 N–H and O–H groups in total. The highest BCUT2D eigenvalue weighted by Gasteiger charge is 2.29. The van der Waals surface area contributed by atoms with Gasteiger partial charge in [-0.05, 0) is 60.2 Å². The van der Waals surface area contributed by atoms with Gasteiger partial charge in [0.1, 0.15) is 5.69 Å². The standard InChI is InChI=1S/C18H29N3O3/c1-11(2)24-18(23)15-12(3)16(19-13(15)4)17(22)21-9-7-14(8-10-21)20(5)6/h11,14,19H,7-10H2,1-6H3. The molecular weight excluding hydrogens is 306 g/mol. The van der Waals surface area contributed by atoms with Crippen molar-refractivity contribution in [3.05, 3.63) is 22.5 Å². The zero-order valence-corrected chi connectivity index (χ0v) is 15.6. The molecule has 0 atom stereocenters. The van der Waals surface area contributed by atoms with Gasteiger partial charge in [-0.3, -0.25) is 4.79 Å². The average Bonchev–Trinajstić information content (AvgIpc) is 2.80. The Morgan fingerprint density at radius 3 is 2.29 bits per heavy atom. The van der Waals surface area contributed by atoms with E-state index in [-0.39, 0.29) is 18.0 Å². The lowest BCUT2D eigenvalue weighted by Gasteiger charge is -2.35. The molecule has 2 heterocycles. The number of amides is 1. The predicted octanol–water partition coefficient (Wildman–Crippen LogP) is 2.36. The molecule has 6 nitrogen and oxygen atoms in total. The monoisotopic (exact) mass is 335 g/mol. The highest BCUT2D eigenvalue weighted by molar-refractivity contribution is 6.00. The molecule has 1 saturated heterocycles. The van der Waals surface area contributed by atoms with Crippen LogP contribution in [-0.4, -0.2) is 66.0 Å². The minimum Gasteiger partial charge on any atom is -0.459 e. The van der Waals surface area contributed by atoms with Crippen LogP contribution in [0.1, 0.15) is 58.8 Å². The second-order valence-corrected chi connectivity index (χ2v) is 7.07. The zero-order chi connectivity index (χ0) is 18.0. The maximum atomic E-state index is 12.8. The Bertz CT molecular complexity index is 611. The molecule has 1 aliphatic heterocycles. The van der Waals surface area contributed by atoms with Crippen molar-refractivity contribution >= 4 is 11.9 Å². The topological polar surface area (TPSA) is 65.6 Å². The van der Waals surface area contributed by atoms with Crippen LogP contribution in [0.3, 0.4) is 0 Å². The van der Waals surface area contributed by atoms with Crippen LogP contribution in [0.2, 0.25) is 0 Å². The molecule has 0 radical (unpaired) electrons. The van der Waals surface area contributed by atoms with Gasteiger partial charge < -0.3 is 19.5 Å². The van der Waals surface area contributed by atoms with Gasteiger partial charge in [0.25, 0.3) is 5.91 Å². The summed E-state index contributed by atoms with van der Waals surface area (Å²) < 4.78 is 5.29. The second kappa shape index (κ2) is 7.38. The summed E-state index contributed by atoms with van der Waals surface area (Å²) in [5.74, 6) is -0.405. The first kappa shape index (κ1) is 18.5. The van der Waals surface area contributed by atoms with Crippen LogP contribution in [0.25, 0.3) is 0 Å². The van der Waals surface area contributed by atoms with E-state index in [2.05, 4.69) is 24.0 Å². The summed E-state index contributed by atoms with van der Waals surface area (Å²) in [6, 6.07) is 0.525. The van der Waals surface area contributed by atoms with E-state index in [0.717, 1.165) is 25.9 Å². The molecule has 0 bridgehead atoms. The normalized spacial score (nSPS) is 16.1. The van der Waals surface area contributed by atoms with Crippen molar-refractivity contribution < 1.29 is 14.3 Å². The summed E-state index contributed by atoms with van der Waals surface area (Å²) in [5.41, 5.74) is 2.35. The predicted molar refractivity (Wildman–Crippen MR) is 93.4 cm³/mol. The fourth-order valence-corrected chi connectivity index (χ4v) is 3.29. The number of aryl methyl sites for hydroxylation is 1. The largest absolute Gasteiger partial charge is 0.459 e. The second-order valence-electron chi connectivity index (χ2n) is 7.07. The summed E-state index contributed by atoms with van der Waals surface area (Å²) in [6.45, 7) is 8.72. The molecule has 0 unspecified atom stereocenters. The molecule has 134 valence electrons. The van der Waals surface area contributed by atoms with Crippen molar-refractivity contribution in [2.75, 3.05) is 27.2 Å². The number of hydrogen-bond acceptors (Lipinski definition) is 4. The van der Waals surface area contributed by atoms with Crippen molar-refractivity contribution in [1.82, 2.24) is 14.8 Å². The minimum absolute atomic E-state index is 0.0311. The Morgan fingerprint density at radius 2 is 1.79 bits per heavy atom. The number of aromatic amines is 1. The third-order valence-electron chi connectivity index (χ3n) is 4.68. The van der Waals surface area contributed by atoms with Crippen LogP contribution in [0.15, 0.2) is 0 Å². The SMILES string of the molecule is Cc1[nH]c(C(=O)N2CCC(N(C)C)CC2)c(C)c1C(=O)OC(C)C. The lowest BCUT2D eigenvalue weighted by atomic mass is 10.0. The van der Waals surface area contributed by atoms with E-state index in [9.17, 15) is 9.59 Å². The number of aromatic nitrogens is 1. The fourth-order valence-electron chi connectivity index (χ4n) is 3.29. The number of ether oxygens (including phenoxy) is 1. The molecule has 1 fully saturated rings. The van der Waals surface area contributed by atoms with Gasteiger partial charge >= 0.3 is 5.97 Å². The molecule has 24 heavy (non-hydrogen) atoms. The number of carbonyl (C=O) groups excluding carboxylic acids is 2. The van der Waals surface area contributed by atoms with Crippen molar-refractivity contribution in [3.8, 4) is 0 Å². The van der Waals surface area contributed by atoms with Gasteiger partial charge in [0.05, 0.1) is 11.7 Å². The number of likely N-dealkylation sites (tertiary alicyclic amines) is 1. The number of esters is 1. The first-order valence-corrected chi connectivity index (χ1v) is 8.58. The summed E-state index contributed by atoms with van der Waals surface area (Å²) >= 11 is 0. The lowest BCUT2D eigenvalue weighted by Crippen LogP contribution is -2.44. The molecule has 6 heteroatoms. The Labute approximate surface area is 144 Å². The zero-order valence-electron chi connectivity index (χ0n) is 15.6. The fraction of sp³-hybridized carbons (Fsp3) is 0.667. The summed E-state index contributed by atoms with van der Waals surface area (Å²) in [6.07, 6.45) is 1.76. The summed E-state index contributed by atoms with van der Waals surface area (Å²) in [7, 11) is 4.15. The number of nitrogens with zero attached hydrogens (tertiary/aromatic N) is 2. The minimum atomic E-state index is -0.374. The van der Waals surface area contributed by atoms with E-state index in [1.807, 2.05) is 18.7 Å². The molecule has 1 amide bonds. The van der Waals surface area contributed by atoms with E-state index >= 15 is 0 Å². The maximum Gasteiger partial charge on any atom is 0.340 e. The van der Waals surface area contributed by atoms with Crippen molar-refractivity contribution in [2.45, 2.75) is 52.7 Å². The van der Waals surface area contributed by atoms with E-state index < -0.39 is 0 Å². The van der Waals surface area contributed by atoms with Crippen LogP contribution in [0, 0.1) is 13.8 Å². The van der Waals surface area contributed by atoms with E-state index in [4.69, 9.17) is 4.74 Å². The molecule has 1 aromatic rings. The number of nitrogens with one attached hydrogen (secondary N) is 1. The van der Waals surface area contributed by atoms with Gasteiger partial charge in [0.15, 0.2) is 0 Å². The van der Waals surface area contributed by atoms with Crippen LogP contribution >= 0.6 is 0 Å². The Morgan fingerprint density at radius 1 is 1.21 bits per heavy atom. The molecule has 1 aromatic heterocycles. The van der Waals surface area contributed by atoms with Crippen molar-refractivity contribution in [3.63, 3.8) is 0 Å². The van der Waals surface area contributed by atoms with Gasteiger partial charge in [-0.25, -0.2) is 4.79 Å². The number of hydrogen-bond donors (Lipinski definition) is 1. The number of H-pyrrole nitrogens is 1. The Kier molecular flexibility index (Phi) is 5.70. The van der Waals surface area contributed by atoms with Gasteiger partial charge in [0.2, 0.25) is 0 Å². The Balaban J connectivity index is 2.15. The third-order valence-corrected chi connectivity index (χ3v) is 4.68. The third kappa shape index (κ3) is 3.80. The summed E-state index contributed by atoms with van der Waals surface area (Å²) in [5, 5.41) is 0. The van der Waals surface area contributed by atoms with Crippen LogP contribution in [0.4, 0.5) is 0 Å². The van der Waals surface area contributed by atoms with Crippen molar-refractivity contribution in [2.24, 2.45) is 0 Å². The van der Waals surface area contributed by atoms with Gasteiger partial charge in [0, 0.05) is 24.8 Å². The molecule has 0 saturated carbocycles. The first-order chi connectivity index (χ1) is 11.2. The number of piperidine rings is 1. The van der Waals surface area contributed by atoms with Gasteiger partial charge in [-0.2, -0.15) is 0 Å². The van der Waals surface area contributed by atoms with Gasteiger partial charge in [-0.1, -0.05) is 0 Å². The average molecular weight is 335 g/mol. The molecule has 0 aromatic carbocycles. The van der Waals surface area contributed by atoms with Crippen molar-refractivity contribution in [1.29, 1.82) is 0 Å². The Hall–Kier alpha value is -1.82.